The molecule has 100 valence electrons. The van der Waals surface area contributed by atoms with E-state index < -0.39 is 5.92 Å². The fraction of sp³-hybridized carbons (Fsp3) is 0.200. The number of aryl methyl sites for hydroxylation is 1. The van der Waals surface area contributed by atoms with E-state index in [4.69, 9.17) is 5.26 Å². The van der Waals surface area contributed by atoms with Crippen LogP contribution in [0.25, 0.3) is 0 Å². The number of hydrogen-bond donors (Lipinski definition) is 1. The molecule has 0 aliphatic carbocycles. The lowest BCUT2D eigenvalue weighted by Crippen LogP contribution is -2.24. The zero-order valence-electron chi connectivity index (χ0n) is 11.1. The third-order valence-corrected chi connectivity index (χ3v) is 2.80. The minimum Gasteiger partial charge on any atom is -0.310 e. The van der Waals surface area contributed by atoms with Crippen LogP contribution in [0.4, 0.5) is 5.82 Å². The van der Waals surface area contributed by atoms with Gasteiger partial charge in [-0.25, -0.2) is 4.98 Å². The first-order valence-corrected chi connectivity index (χ1v) is 6.22. The van der Waals surface area contributed by atoms with Gasteiger partial charge in [0.25, 0.3) is 0 Å². The van der Waals surface area contributed by atoms with Crippen LogP contribution in [0.3, 0.4) is 0 Å². The molecule has 0 radical (unpaired) electrons. The van der Waals surface area contributed by atoms with Crippen LogP contribution in [0, 0.1) is 24.2 Å². The number of aromatic nitrogens is 2. The molecule has 0 saturated carbocycles. The highest BCUT2D eigenvalue weighted by molar-refractivity contribution is 5.93. The second kappa shape index (κ2) is 6.43. The van der Waals surface area contributed by atoms with Crippen LogP contribution in [0.15, 0.2) is 42.7 Å². The Bertz CT molecular complexity index is 634. The molecule has 5 heteroatoms. The SMILES string of the molecule is Cc1cccc(NC(=O)C(C#N)Cc2ccncc2)n1. The van der Waals surface area contributed by atoms with Gasteiger partial charge in [0.05, 0.1) is 6.07 Å². The van der Waals surface area contributed by atoms with E-state index in [1.54, 1.807) is 30.6 Å². The molecule has 0 fully saturated rings. The molecular formula is C15H14N4O. The van der Waals surface area contributed by atoms with Crippen molar-refractivity contribution < 1.29 is 4.79 Å². The van der Waals surface area contributed by atoms with Crippen molar-refractivity contribution in [2.24, 2.45) is 5.92 Å². The van der Waals surface area contributed by atoms with E-state index >= 15 is 0 Å². The summed E-state index contributed by atoms with van der Waals surface area (Å²) in [4.78, 5) is 20.2. The van der Waals surface area contributed by atoms with Crippen LogP contribution in [0.5, 0.6) is 0 Å². The summed E-state index contributed by atoms with van der Waals surface area (Å²) in [5.41, 5.74) is 1.71. The van der Waals surface area contributed by atoms with E-state index in [-0.39, 0.29) is 5.91 Å². The second-order valence-corrected chi connectivity index (χ2v) is 4.39. The molecule has 1 N–H and O–H groups in total. The molecule has 0 aromatic carbocycles. The molecule has 2 rings (SSSR count). The van der Waals surface area contributed by atoms with Gasteiger partial charge in [0.2, 0.25) is 5.91 Å². The maximum Gasteiger partial charge on any atom is 0.243 e. The Kier molecular flexibility index (Phi) is 4.40. The Morgan fingerprint density at radius 1 is 1.35 bits per heavy atom. The Balaban J connectivity index is 2.05. The number of anilines is 1. The number of carbonyl (C=O) groups is 1. The van der Waals surface area contributed by atoms with Gasteiger partial charge in [-0.05, 0) is 43.2 Å². The molecule has 1 amide bonds. The maximum absolute atomic E-state index is 12.1. The number of nitrogens with one attached hydrogen (secondary N) is 1. The lowest BCUT2D eigenvalue weighted by atomic mass is 10.0. The summed E-state index contributed by atoms with van der Waals surface area (Å²) >= 11 is 0. The fourth-order valence-electron chi connectivity index (χ4n) is 1.78. The highest BCUT2D eigenvalue weighted by Gasteiger charge is 2.18. The second-order valence-electron chi connectivity index (χ2n) is 4.39. The quantitative estimate of drug-likeness (QED) is 0.919. The summed E-state index contributed by atoms with van der Waals surface area (Å²) in [5.74, 6) is -0.632. The van der Waals surface area contributed by atoms with Crippen molar-refractivity contribution in [1.29, 1.82) is 5.26 Å². The first-order chi connectivity index (χ1) is 9.69. The minimum absolute atomic E-state index is 0.345. The molecular weight excluding hydrogens is 252 g/mol. The molecule has 5 nitrogen and oxygen atoms in total. The van der Waals surface area contributed by atoms with Gasteiger partial charge in [0.15, 0.2) is 0 Å². The number of hydrogen-bond acceptors (Lipinski definition) is 4. The van der Waals surface area contributed by atoms with Crippen molar-refractivity contribution in [3.8, 4) is 6.07 Å². The van der Waals surface area contributed by atoms with E-state index in [1.807, 2.05) is 25.1 Å². The average Bonchev–Trinajstić information content (AvgIpc) is 2.45. The number of nitriles is 1. The summed E-state index contributed by atoms with van der Waals surface area (Å²) in [7, 11) is 0. The van der Waals surface area contributed by atoms with Gasteiger partial charge in [-0.3, -0.25) is 9.78 Å². The molecule has 0 aliphatic rings. The van der Waals surface area contributed by atoms with Crippen molar-refractivity contribution in [1.82, 2.24) is 9.97 Å². The van der Waals surface area contributed by atoms with Crippen LogP contribution < -0.4 is 5.32 Å². The van der Waals surface area contributed by atoms with E-state index in [9.17, 15) is 4.79 Å². The number of carbonyl (C=O) groups excluding carboxylic acids is 1. The Labute approximate surface area is 117 Å². The lowest BCUT2D eigenvalue weighted by Gasteiger charge is -2.10. The first-order valence-electron chi connectivity index (χ1n) is 6.22. The maximum atomic E-state index is 12.1. The topological polar surface area (TPSA) is 78.7 Å². The van der Waals surface area contributed by atoms with Crippen molar-refractivity contribution in [3.05, 3.63) is 54.0 Å². The normalized spacial score (nSPS) is 11.4. The summed E-state index contributed by atoms with van der Waals surface area (Å²) in [6.45, 7) is 1.84. The van der Waals surface area contributed by atoms with Crippen molar-refractivity contribution in [3.63, 3.8) is 0 Å². The van der Waals surface area contributed by atoms with Crippen LogP contribution in [-0.4, -0.2) is 15.9 Å². The Morgan fingerprint density at radius 3 is 2.75 bits per heavy atom. The van der Waals surface area contributed by atoms with Crippen LogP contribution in [-0.2, 0) is 11.2 Å². The monoisotopic (exact) mass is 266 g/mol. The van der Waals surface area contributed by atoms with Gasteiger partial charge in [0, 0.05) is 18.1 Å². The number of nitrogens with zero attached hydrogens (tertiary/aromatic N) is 3. The molecule has 0 spiro atoms. The van der Waals surface area contributed by atoms with E-state index in [2.05, 4.69) is 15.3 Å². The third kappa shape index (κ3) is 3.62. The van der Waals surface area contributed by atoms with Crippen LogP contribution in [0.2, 0.25) is 0 Å². The minimum atomic E-state index is -0.750. The Morgan fingerprint density at radius 2 is 2.10 bits per heavy atom. The molecule has 2 heterocycles. The molecule has 0 saturated heterocycles. The number of pyridine rings is 2. The predicted molar refractivity (Wildman–Crippen MR) is 74.6 cm³/mol. The number of rotatable bonds is 4. The van der Waals surface area contributed by atoms with Crippen molar-refractivity contribution in [2.75, 3.05) is 5.32 Å². The van der Waals surface area contributed by atoms with Crippen molar-refractivity contribution in [2.45, 2.75) is 13.3 Å². The zero-order chi connectivity index (χ0) is 14.4. The summed E-state index contributed by atoms with van der Waals surface area (Å²) < 4.78 is 0. The van der Waals surface area contributed by atoms with Gasteiger partial charge in [0.1, 0.15) is 11.7 Å². The molecule has 1 unspecified atom stereocenters. The molecule has 0 aliphatic heterocycles. The largest absolute Gasteiger partial charge is 0.310 e. The summed E-state index contributed by atoms with van der Waals surface area (Å²) in [6.07, 6.45) is 3.64. The van der Waals surface area contributed by atoms with Gasteiger partial charge in [-0.15, -0.1) is 0 Å². The molecule has 0 bridgehead atoms. The molecule has 2 aromatic heterocycles. The summed E-state index contributed by atoms with van der Waals surface area (Å²) in [5, 5.41) is 11.8. The van der Waals surface area contributed by atoms with Crippen LogP contribution in [0.1, 0.15) is 11.3 Å². The molecule has 1 atom stereocenters. The van der Waals surface area contributed by atoms with Crippen molar-refractivity contribution >= 4 is 11.7 Å². The average molecular weight is 266 g/mol. The Hall–Kier alpha value is -2.74. The van der Waals surface area contributed by atoms with E-state index in [0.717, 1.165) is 11.3 Å². The number of amides is 1. The lowest BCUT2D eigenvalue weighted by molar-refractivity contribution is -0.118. The smallest absolute Gasteiger partial charge is 0.243 e. The highest BCUT2D eigenvalue weighted by atomic mass is 16.1. The van der Waals surface area contributed by atoms with Gasteiger partial charge < -0.3 is 5.32 Å². The van der Waals surface area contributed by atoms with E-state index in [0.29, 0.717) is 12.2 Å². The molecule has 2 aromatic rings. The zero-order valence-corrected chi connectivity index (χ0v) is 11.1. The van der Waals surface area contributed by atoms with Crippen LogP contribution >= 0.6 is 0 Å². The van der Waals surface area contributed by atoms with Gasteiger partial charge in [-0.1, -0.05) is 6.07 Å². The van der Waals surface area contributed by atoms with Gasteiger partial charge >= 0.3 is 0 Å². The highest BCUT2D eigenvalue weighted by Crippen LogP contribution is 2.11. The fourth-order valence-corrected chi connectivity index (χ4v) is 1.78. The van der Waals surface area contributed by atoms with Gasteiger partial charge in [-0.2, -0.15) is 5.26 Å². The van der Waals surface area contributed by atoms with E-state index in [1.165, 1.54) is 0 Å². The summed E-state index contributed by atoms with van der Waals surface area (Å²) in [6, 6.07) is 11.0. The third-order valence-electron chi connectivity index (χ3n) is 2.80. The first kappa shape index (κ1) is 13.7. The molecule has 20 heavy (non-hydrogen) atoms. The predicted octanol–water partition coefficient (Wildman–Crippen LogP) is 2.11. The standard InChI is InChI=1S/C15H14N4O/c1-11-3-2-4-14(18-11)19-15(20)13(10-16)9-12-5-7-17-8-6-12/h2-8,13H,9H2,1H3,(H,18,19,20).